The Kier molecular flexibility index (Phi) is 4.22. The van der Waals surface area contributed by atoms with E-state index in [1.807, 2.05) is 38.1 Å². The Morgan fingerprint density at radius 1 is 1.42 bits per heavy atom. The molecule has 0 aliphatic rings. The fourth-order valence-corrected chi connectivity index (χ4v) is 2.01. The minimum absolute atomic E-state index is 0.238. The molecule has 3 N–H and O–H groups in total. The van der Waals surface area contributed by atoms with E-state index in [0.29, 0.717) is 13.2 Å². The van der Waals surface area contributed by atoms with Crippen LogP contribution < -0.4 is 10.5 Å². The average Bonchev–Trinajstić information content (AvgIpc) is 2.81. The number of ether oxygens (including phenoxy) is 1. The molecule has 0 fully saturated rings. The van der Waals surface area contributed by atoms with Crippen LogP contribution in [0.1, 0.15) is 31.3 Å². The Labute approximate surface area is 114 Å². The fourth-order valence-electron chi connectivity index (χ4n) is 2.01. The minimum Gasteiger partial charge on any atom is -0.494 e. The molecule has 0 amide bonds. The fraction of sp³-hybridized carbons (Fsp3) is 0.400. The van der Waals surface area contributed by atoms with E-state index >= 15 is 0 Å². The van der Waals surface area contributed by atoms with Crippen LogP contribution in [0.4, 0.5) is 0 Å². The highest BCUT2D eigenvalue weighted by atomic mass is 16.5. The summed E-state index contributed by atoms with van der Waals surface area (Å²) >= 11 is 0. The Hall–Kier alpha value is -1.81. The number of aromatic amines is 1. The van der Waals surface area contributed by atoms with Gasteiger partial charge in [0, 0.05) is 23.7 Å². The summed E-state index contributed by atoms with van der Waals surface area (Å²) in [5.74, 6) is 2.05. The Morgan fingerprint density at radius 2 is 2.21 bits per heavy atom. The Balaban J connectivity index is 2.35. The molecular weight excluding hydrogens is 238 g/mol. The highest BCUT2D eigenvalue weighted by Gasteiger charge is 2.13. The smallest absolute Gasteiger partial charge is 0.119 e. The van der Waals surface area contributed by atoms with Crippen molar-refractivity contribution >= 4 is 0 Å². The number of hydrogen-bond donors (Lipinski definition) is 2. The molecule has 4 nitrogen and oxygen atoms in total. The van der Waals surface area contributed by atoms with Gasteiger partial charge in [-0.25, -0.2) is 4.98 Å². The second-order valence-electron chi connectivity index (χ2n) is 4.69. The largest absolute Gasteiger partial charge is 0.494 e. The Bertz CT molecular complexity index is 548. The number of hydrogen-bond acceptors (Lipinski definition) is 3. The molecule has 0 spiro atoms. The summed E-state index contributed by atoms with van der Waals surface area (Å²) in [6.45, 7) is 7.33. The summed E-state index contributed by atoms with van der Waals surface area (Å²) < 4.78 is 5.53. The number of H-pyrrole nitrogens is 1. The molecule has 0 saturated carbocycles. The molecular formula is C15H21N3O. The molecule has 1 unspecified atom stereocenters. The summed E-state index contributed by atoms with van der Waals surface area (Å²) in [4.78, 5) is 7.97. The SMILES string of the molecule is CCOc1cccc(-c2nc(C(C)CN)[nH]c2C)c1. The molecule has 0 aliphatic carbocycles. The first-order valence-corrected chi connectivity index (χ1v) is 6.65. The van der Waals surface area contributed by atoms with Crippen molar-refractivity contribution in [3.8, 4) is 17.0 Å². The summed E-state index contributed by atoms with van der Waals surface area (Å²) in [6.07, 6.45) is 0. The van der Waals surface area contributed by atoms with Crippen LogP contribution in [-0.2, 0) is 0 Å². The van der Waals surface area contributed by atoms with Gasteiger partial charge < -0.3 is 15.5 Å². The molecule has 1 aromatic carbocycles. The molecule has 0 saturated heterocycles. The molecule has 19 heavy (non-hydrogen) atoms. The van der Waals surface area contributed by atoms with E-state index in [0.717, 1.165) is 28.5 Å². The van der Waals surface area contributed by atoms with E-state index in [9.17, 15) is 0 Å². The predicted octanol–water partition coefficient (Wildman–Crippen LogP) is 2.85. The number of nitrogens with zero attached hydrogens (tertiary/aromatic N) is 1. The first kappa shape index (κ1) is 13.6. The van der Waals surface area contributed by atoms with Gasteiger partial charge in [-0.1, -0.05) is 19.1 Å². The topological polar surface area (TPSA) is 63.9 Å². The van der Waals surface area contributed by atoms with Gasteiger partial charge in [0.25, 0.3) is 0 Å². The van der Waals surface area contributed by atoms with Crippen LogP contribution in [0.25, 0.3) is 11.3 Å². The van der Waals surface area contributed by atoms with Crippen molar-refractivity contribution in [1.29, 1.82) is 0 Å². The number of imidazole rings is 1. The lowest BCUT2D eigenvalue weighted by molar-refractivity contribution is 0.340. The number of aromatic nitrogens is 2. The average molecular weight is 259 g/mol. The molecule has 2 rings (SSSR count). The van der Waals surface area contributed by atoms with E-state index in [4.69, 9.17) is 10.5 Å². The van der Waals surface area contributed by atoms with Crippen LogP contribution >= 0.6 is 0 Å². The second-order valence-corrected chi connectivity index (χ2v) is 4.69. The summed E-state index contributed by atoms with van der Waals surface area (Å²) in [5.41, 5.74) is 8.78. The predicted molar refractivity (Wildman–Crippen MR) is 77.4 cm³/mol. The van der Waals surface area contributed by atoms with Gasteiger partial charge in [0.05, 0.1) is 12.3 Å². The molecule has 102 valence electrons. The van der Waals surface area contributed by atoms with Crippen molar-refractivity contribution < 1.29 is 4.74 Å². The third-order valence-corrected chi connectivity index (χ3v) is 3.14. The van der Waals surface area contributed by atoms with Crippen LogP contribution in [0.15, 0.2) is 24.3 Å². The number of aryl methyl sites for hydroxylation is 1. The zero-order valence-corrected chi connectivity index (χ0v) is 11.7. The van der Waals surface area contributed by atoms with Crippen LogP contribution in [0, 0.1) is 6.92 Å². The van der Waals surface area contributed by atoms with Crippen molar-refractivity contribution in [3.05, 3.63) is 35.8 Å². The Morgan fingerprint density at radius 3 is 2.89 bits per heavy atom. The van der Waals surface area contributed by atoms with Crippen molar-refractivity contribution in [2.45, 2.75) is 26.7 Å². The lowest BCUT2D eigenvalue weighted by Crippen LogP contribution is -2.10. The van der Waals surface area contributed by atoms with Gasteiger partial charge in [-0.3, -0.25) is 0 Å². The van der Waals surface area contributed by atoms with Crippen molar-refractivity contribution in [1.82, 2.24) is 9.97 Å². The summed E-state index contributed by atoms with van der Waals surface area (Å²) in [7, 11) is 0. The number of nitrogens with one attached hydrogen (secondary N) is 1. The first-order chi connectivity index (χ1) is 9.15. The third-order valence-electron chi connectivity index (χ3n) is 3.14. The molecule has 0 radical (unpaired) electrons. The third kappa shape index (κ3) is 2.96. The zero-order chi connectivity index (χ0) is 13.8. The first-order valence-electron chi connectivity index (χ1n) is 6.65. The quantitative estimate of drug-likeness (QED) is 0.867. The van der Waals surface area contributed by atoms with E-state index in [-0.39, 0.29) is 5.92 Å². The van der Waals surface area contributed by atoms with E-state index in [1.165, 1.54) is 0 Å². The molecule has 1 heterocycles. The monoisotopic (exact) mass is 259 g/mol. The maximum atomic E-state index is 5.69. The maximum absolute atomic E-state index is 5.69. The van der Waals surface area contributed by atoms with Gasteiger partial charge in [-0.2, -0.15) is 0 Å². The lowest BCUT2D eigenvalue weighted by atomic mass is 10.1. The number of nitrogens with two attached hydrogens (primary N) is 1. The molecule has 1 aromatic heterocycles. The normalized spacial score (nSPS) is 12.4. The molecule has 1 atom stereocenters. The summed E-state index contributed by atoms with van der Waals surface area (Å²) in [6, 6.07) is 8.00. The van der Waals surface area contributed by atoms with Crippen molar-refractivity contribution in [2.75, 3.05) is 13.2 Å². The van der Waals surface area contributed by atoms with Crippen LogP contribution in [-0.4, -0.2) is 23.1 Å². The standard InChI is InChI=1S/C15H21N3O/c1-4-19-13-7-5-6-12(8-13)14-11(3)17-15(18-14)10(2)9-16/h5-8,10H,4,9,16H2,1-3H3,(H,17,18). The highest BCUT2D eigenvalue weighted by molar-refractivity contribution is 5.63. The van der Waals surface area contributed by atoms with Gasteiger partial charge in [-0.05, 0) is 26.0 Å². The molecule has 0 aliphatic heterocycles. The van der Waals surface area contributed by atoms with Gasteiger partial charge in [0.15, 0.2) is 0 Å². The molecule has 2 aromatic rings. The second kappa shape index (κ2) is 5.89. The summed E-state index contributed by atoms with van der Waals surface area (Å²) in [5, 5.41) is 0. The zero-order valence-electron chi connectivity index (χ0n) is 11.7. The van der Waals surface area contributed by atoms with Crippen LogP contribution in [0.2, 0.25) is 0 Å². The lowest BCUT2D eigenvalue weighted by Gasteiger charge is -2.05. The molecule has 0 bridgehead atoms. The highest BCUT2D eigenvalue weighted by Crippen LogP contribution is 2.26. The molecule has 4 heteroatoms. The van der Waals surface area contributed by atoms with Crippen molar-refractivity contribution in [3.63, 3.8) is 0 Å². The number of rotatable bonds is 5. The van der Waals surface area contributed by atoms with Crippen LogP contribution in [0.3, 0.4) is 0 Å². The van der Waals surface area contributed by atoms with Gasteiger partial charge in [-0.15, -0.1) is 0 Å². The van der Waals surface area contributed by atoms with Crippen molar-refractivity contribution in [2.24, 2.45) is 5.73 Å². The van der Waals surface area contributed by atoms with E-state index < -0.39 is 0 Å². The maximum Gasteiger partial charge on any atom is 0.119 e. The number of benzene rings is 1. The van der Waals surface area contributed by atoms with Gasteiger partial charge >= 0.3 is 0 Å². The van der Waals surface area contributed by atoms with E-state index in [2.05, 4.69) is 16.9 Å². The van der Waals surface area contributed by atoms with E-state index in [1.54, 1.807) is 0 Å². The van der Waals surface area contributed by atoms with Gasteiger partial charge in [0.2, 0.25) is 0 Å². The van der Waals surface area contributed by atoms with Crippen LogP contribution in [0.5, 0.6) is 5.75 Å². The minimum atomic E-state index is 0.238. The van der Waals surface area contributed by atoms with Gasteiger partial charge in [0.1, 0.15) is 11.6 Å².